The Labute approximate surface area is 118 Å². The molecule has 2 N–H and O–H groups in total. The molecule has 1 unspecified atom stereocenters. The van der Waals surface area contributed by atoms with Crippen LogP contribution in [0.3, 0.4) is 0 Å². The molecule has 1 aromatic carbocycles. The van der Waals surface area contributed by atoms with Crippen molar-refractivity contribution in [2.45, 2.75) is 32.4 Å². The van der Waals surface area contributed by atoms with Gasteiger partial charge in [-0.15, -0.1) is 11.3 Å². The third-order valence-corrected chi connectivity index (χ3v) is 3.57. The summed E-state index contributed by atoms with van der Waals surface area (Å²) in [7, 11) is 0. The van der Waals surface area contributed by atoms with Gasteiger partial charge in [0.05, 0.1) is 23.4 Å². The molecule has 0 bridgehead atoms. The molecule has 0 aliphatic heterocycles. The van der Waals surface area contributed by atoms with E-state index in [0.717, 1.165) is 22.7 Å². The van der Waals surface area contributed by atoms with Crippen molar-refractivity contribution < 1.29 is 4.74 Å². The number of hydrogen-bond acceptors (Lipinski definition) is 4. The smallest absolute Gasteiger partial charge is 0.0948 e. The number of ether oxygens (including phenoxy) is 1. The van der Waals surface area contributed by atoms with E-state index in [1.807, 2.05) is 32.0 Å². The van der Waals surface area contributed by atoms with Crippen LogP contribution in [0.4, 0.5) is 0 Å². The summed E-state index contributed by atoms with van der Waals surface area (Å²) in [6, 6.07) is 10.2. The van der Waals surface area contributed by atoms with Gasteiger partial charge in [0, 0.05) is 23.4 Å². The lowest BCUT2D eigenvalue weighted by Gasteiger charge is -2.12. The zero-order valence-electron chi connectivity index (χ0n) is 11.4. The summed E-state index contributed by atoms with van der Waals surface area (Å²) in [5.74, 6) is 0. The number of nitrogens with zero attached hydrogens (tertiary/aromatic N) is 1. The van der Waals surface area contributed by atoms with Crippen molar-refractivity contribution in [1.82, 2.24) is 4.98 Å². The number of nitrogens with two attached hydrogens (primary N) is 1. The molecular weight excluding hydrogens is 256 g/mol. The first-order valence-electron chi connectivity index (χ1n) is 6.52. The Hall–Kier alpha value is -1.23. The third kappa shape index (κ3) is 4.42. The van der Waals surface area contributed by atoms with Crippen molar-refractivity contribution in [2.24, 2.45) is 5.73 Å². The molecule has 1 atom stereocenters. The zero-order valence-corrected chi connectivity index (χ0v) is 12.2. The molecule has 2 aromatic rings. The van der Waals surface area contributed by atoms with Crippen LogP contribution in [0.25, 0.3) is 11.3 Å². The normalized spacial score (nSPS) is 12.8. The maximum absolute atomic E-state index is 6.04. The van der Waals surface area contributed by atoms with E-state index in [4.69, 9.17) is 10.5 Å². The summed E-state index contributed by atoms with van der Waals surface area (Å²) in [4.78, 5) is 4.63. The summed E-state index contributed by atoms with van der Waals surface area (Å²) in [5, 5.41) is 3.15. The average Bonchev–Trinajstić information content (AvgIpc) is 2.86. The van der Waals surface area contributed by atoms with Gasteiger partial charge in [-0.3, -0.25) is 0 Å². The highest BCUT2D eigenvalue weighted by molar-refractivity contribution is 7.09. The second-order valence-electron chi connectivity index (χ2n) is 4.84. The lowest BCUT2D eigenvalue weighted by atomic mass is 10.2. The highest BCUT2D eigenvalue weighted by atomic mass is 32.1. The van der Waals surface area contributed by atoms with Crippen LogP contribution in [0.5, 0.6) is 0 Å². The number of thiazole rings is 1. The maximum Gasteiger partial charge on any atom is 0.0948 e. The van der Waals surface area contributed by atoms with E-state index < -0.39 is 0 Å². The standard InChI is InChI=1S/C15H20N2OS/c1-11(2)18-9-13(16)8-15-17-14(10-19-15)12-6-4-3-5-7-12/h3-7,10-11,13H,8-9,16H2,1-2H3. The van der Waals surface area contributed by atoms with Crippen molar-refractivity contribution in [1.29, 1.82) is 0 Å². The van der Waals surface area contributed by atoms with Crippen LogP contribution < -0.4 is 5.73 Å². The quantitative estimate of drug-likeness (QED) is 0.882. The molecule has 0 fully saturated rings. The number of hydrogen-bond donors (Lipinski definition) is 1. The predicted octanol–water partition coefficient (Wildman–Crippen LogP) is 3.10. The van der Waals surface area contributed by atoms with Crippen LogP contribution in [-0.2, 0) is 11.2 Å². The zero-order chi connectivity index (χ0) is 13.7. The highest BCUT2D eigenvalue weighted by Crippen LogP contribution is 2.22. The molecule has 3 nitrogen and oxygen atoms in total. The number of benzene rings is 1. The van der Waals surface area contributed by atoms with Crippen molar-refractivity contribution in [3.63, 3.8) is 0 Å². The topological polar surface area (TPSA) is 48.1 Å². The van der Waals surface area contributed by atoms with Gasteiger partial charge in [-0.1, -0.05) is 30.3 Å². The predicted molar refractivity (Wildman–Crippen MR) is 80.3 cm³/mol. The first-order valence-corrected chi connectivity index (χ1v) is 7.40. The summed E-state index contributed by atoms with van der Waals surface area (Å²) in [6.07, 6.45) is 0.992. The third-order valence-electron chi connectivity index (χ3n) is 2.70. The van der Waals surface area contributed by atoms with Crippen molar-refractivity contribution in [2.75, 3.05) is 6.61 Å². The van der Waals surface area contributed by atoms with E-state index in [2.05, 4.69) is 22.5 Å². The summed E-state index contributed by atoms with van der Waals surface area (Å²) in [6.45, 7) is 4.62. The van der Waals surface area contributed by atoms with Gasteiger partial charge in [0.2, 0.25) is 0 Å². The molecule has 4 heteroatoms. The van der Waals surface area contributed by atoms with Gasteiger partial charge in [0.15, 0.2) is 0 Å². The maximum atomic E-state index is 6.04. The van der Waals surface area contributed by atoms with Crippen molar-refractivity contribution in [3.8, 4) is 11.3 Å². The lowest BCUT2D eigenvalue weighted by molar-refractivity contribution is 0.0684. The van der Waals surface area contributed by atoms with Crippen LogP contribution in [-0.4, -0.2) is 23.7 Å². The summed E-state index contributed by atoms with van der Waals surface area (Å²) < 4.78 is 5.52. The molecular formula is C15H20N2OS. The number of aromatic nitrogens is 1. The van der Waals surface area contributed by atoms with Crippen molar-refractivity contribution in [3.05, 3.63) is 40.7 Å². The van der Waals surface area contributed by atoms with Crippen molar-refractivity contribution >= 4 is 11.3 Å². The van der Waals surface area contributed by atoms with E-state index in [1.165, 1.54) is 0 Å². The van der Waals surface area contributed by atoms with E-state index >= 15 is 0 Å². The van der Waals surface area contributed by atoms with E-state index in [9.17, 15) is 0 Å². The largest absolute Gasteiger partial charge is 0.377 e. The summed E-state index contributed by atoms with van der Waals surface area (Å²) in [5.41, 5.74) is 8.22. The van der Waals surface area contributed by atoms with Crippen LogP contribution >= 0.6 is 11.3 Å². The van der Waals surface area contributed by atoms with Gasteiger partial charge in [-0.05, 0) is 13.8 Å². The minimum atomic E-state index is 0.0113. The van der Waals surface area contributed by atoms with Gasteiger partial charge in [0.1, 0.15) is 0 Å². The SMILES string of the molecule is CC(C)OCC(N)Cc1nc(-c2ccccc2)cs1. The second kappa shape index (κ2) is 6.80. The fourth-order valence-electron chi connectivity index (χ4n) is 1.75. The molecule has 19 heavy (non-hydrogen) atoms. The lowest BCUT2D eigenvalue weighted by Crippen LogP contribution is -2.29. The first-order chi connectivity index (χ1) is 9.15. The van der Waals surface area contributed by atoms with E-state index in [-0.39, 0.29) is 12.1 Å². The molecule has 0 saturated heterocycles. The molecule has 0 aliphatic rings. The molecule has 2 rings (SSSR count). The average molecular weight is 276 g/mol. The fraction of sp³-hybridized carbons (Fsp3) is 0.400. The Balaban J connectivity index is 1.94. The van der Waals surface area contributed by atoms with E-state index in [1.54, 1.807) is 11.3 Å². The Morgan fingerprint density at radius 1 is 1.26 bits per heavy atom. The van der Waals surface area contributed by atoms with Crippen LogP contribution in [0.2, 0.25) is 0 Å². The molecule has 0 aliphatic carbocycles. The molecule has 102 valence electrons. The van der Waals surface area contributed by atoms with Gasteiger partial charge in [0.25, 0.3) is 0 Å². The molecule has 0 radical (unpaired) electrons. The monoisotopic (exact) mass is 276 g/mol. The summed E-state index contributed by atoms with van der Waals surface area (Å²) >= 11 is 1.66. The van der Waals surface area contributed by atoms with Gasteiger partial charge in [-0.2, -0.15) is 0 Å². The van der Waals surface area contributed by atoms with Crippen LogP contribution in [0.1, 0.15) is 18.9 Å². The van der Waals surface area contributed by atoms with Crippen LogP contribution in [0.15, 0.2) is 35.7 Å². The van der Waals surface area contributed by atoms with E-state index in [0.29, 0.717) is 6.61 Å². The highest BCUT2D eigenvalue weighted by Gasteiger charge is 2.10. The minimum Gasteiger partial charge on any atom is -0.377 e. The van der Waals surface area contributed by atoms with Gasteiger partial charge >= 0.3 is 0 Å². The Kier molecular flexibility index (Phi) is 5.07. The first kappa shape index (κ1) is 14.2. The number of rotatable bonds is 6. The Morgan fingerprint density at radius 3 is 2.68 bits per heavy atom. The molecule has 1 aromatic heterocycles. The Morgan fingerprint density at radius 2 is 2.00 bits per heavy atom. The fourth-order valence-corrected chi connectivity index (χ4v) is 2.64. The van der Waals surface area contributed by atoms with Gasteiger partial charge in [-0.25, -0.2) is 4.98 Å². The molecule has 0 saturated carbocycles. The molecule has 0 amide bonds. The molecule has 1 heterocycles. The Bertz CT molecular complexity index is 496. The molecule has 0 spiro atoms. The minimum absolute atomic E-state index is 0.0113. The van der Waals surface area contributed by atoms with Gasteiger partial charge < -0.3 is 10.5 Å². The second-order valence-corrected chi connectivity index (χ2v) is 5.78. The van der Waals surface area contributed by atoms with Crippen LogP contribution in [0, 0.1) is 0 Å².